The van der Waals surface area contributed by atoms with E-state index in [1.54, 1.807) is 6.07 Å². The third-order valence-corrected chi connectivity index (χ3v) is 1.52. The van der Waals surface area contributed by atoms with Crippen molar-refractivity contribution in [3.8, 4) is 0 Å². The fraction of sp³-hybridized carbons (Fsp3) is 0.200. The summed E-state index contributed by atoms with van der Waals surface area (Å²) in [6.07, 6.45) is 2.58. The Kier molecular flexibility index (Phi) is 7.76. The smallest absolute Gasteiger partial charge is 1.00 e. The van der Waals surface area contributed by atoms with Gasteiger partial charge in [0.1, 0.15) is 0 Å². The first-order valence-corrected chi connectivity index (χ1v) is 2.72. The number of furan rings is 1. The van der Waals surface area contributed by atoms with Crippen LogP contribution in [0.25, 0.3) is 0 Å². The predicted octanol–water partition coefficient (Wildman–Crippen LogP) is -1.23. The maximum Gasteiger partial charge on any atom is 2.00 e. The van der Waals surface area contributed by atoms with Crippen LogP contribution in [0.15, 0.2) is 15.2 Å². The second-order valence-corrected chi connectivity index (χ2v) is 2.04. The van der Waals surface area contributed by atoms with Gasteiger partial charge in [0.25, 0.3) is 0 Å². The van der Waals surface area contributed by atoms with Crippen LogP contribution < -0.4 is 12.4 Å². The molecule has 1 heterocycles. The van der Waals surface area contributed by atoms with Gasteiger partial charge in [-0.25, -0.2) is 0 Å². The van der Waals surface area contributed by atoms with Gasteiger partial charge in [-0.05, 0) is 6.26 Å². The Morgan fingerprint density at radius 2 is 2.22 bits per heavy atom. The largest absolute Gasteiger partial charge is 2.00 e. The molecule has 0 unspecified atom stereocenters. The van der Waals surface area contributed by atoms with Crippen molar-refractivity contribution in [1.29, 1.82) is 0 Å². The van der Waals surface area contributed by atoms with Crippen molar-refractivity contribution in [1.82, 2.24) is 0 Å². The van der Waals surface area contributed by atoms with Crippen LogP contribution in [-0.2, 0) is 0 Å². The van der Waals surface area contributed by atoms with Crippen LogP contribution in [-0.4, -0.2) is 23.1 Å². The summed E-state index contributed by atoms with van der Waals surface area (Å²) in [6, 6.07) is 1.78. The summed E-state index contributed by atoms with van der Waals surface area (Å²) in [5.41, 5.74) is 1.08. The number of hydrogen-bond donors (Lipinski definition) is 0. The van der Waals surface area contributed by atoms with E-state index in [-0.39, 0.29) is 35.5 Å². The SMILES string of the molecule is Cc1c[c-]oc1Br.[Cl-].[Mg+2]. The standard InChI is InChI=1S/C5H4BrO.ClH.Mg/c1-4-2-3-7-5(4)6;;/h2H,1H3;1H;/q-1;;+2/p-1. The molecule has 0 saturated carbocycles. The van der Waals surface area contributed by atoms with Crippen LogP contribution in [0, 0.1) is 13.2 Å². The summed E-state index contributed by atoms with van der Waals surface area (Å²) in [5, 5.41) is 0. The Hall–Kier alpha value is 0.816. The van der Waals surface area contributed by atoms with E-state index in [0.717, 1.165) is 10.2 Å². The van der Waals surface area contributed by atoms with E-state index >= 15 is 0 Å². The molecule has 0 bridgehead atoms. The predicted molar refractivity (Wildman–Crippen MR) is 35.7 cm³/mol. The summed E-state index contributed by atoms with van der Waals surface area (Å²) >= 11 is 3.17. The van der Waals surface area contributed by atoms with Crippen LogP contribution in [0.1, 0.15) is 5.56 Å². The first-order valence-electron chi connectivity index (χ1n) is 1.92. The van der Waals surface area contributed by atoms with Crippen LogP contribution >= 0.6 is 15.9 Å². The molecular formula is C5H4BrClMgO. The van der Waals surface area contributed by atoms with E-state index in [2.05, 4.69) is 22.2 Å². The third kappa shape index (κ3) is 3.50. The second kappa shape index (κ2) is 5.59. The van der Waals surface area contributed by atoms with E-state index in [0.29, 0.717) is 0 Å². The zero-order valence-electron chi connectivity index (χ0n) is 4.95. The number of rotatable bonds is 0. The summed E-state index contributed by atoms with van der Waals surface area (Å²) in [5.74, 6) is 0. The van der Waals surface area contributed by atoms with Gasteiger partial charge in [0.05, 0.1) is 0 Å². The molecule has 1 rings (SSSR count). The topological polar surface area (TPSA) is 13.1 Å². The average Bonchev–Trinajstić information content (AvgIpc) is 1.91. The van der Waals surface area contributed by atoms with E-state index < -0.39 is 0 Å². The Morgan fingerprint density at radius 1 is 1.67 bits per heavy atom. The van der Waals surface area contributed by atoms with Crippen molar-refractivity contribution in [2.45, 2.75) is 6.92 Å². The number of halogens is 2. The minimum atomic E-state index is 0. The van der Waals surface area contributed by atoms with Gasteiger partial charge in [-0.2, -0.15) is 5.56 Å². The van der Waals surface area contributed by atoms with E-state index in [9.17, 15) is 0 Å². The molecule has 0 amide bonds. The van der Waals surface area contributed by atoms with Crippen LogP contribution in [0.4, 0.5) is 0 Å². The minimum absolute atomic E-state index is 0. The molecule has 0 aliphatic carbocycles. The Morgan fingerprint density at radius 3 is 2.33 bits per heavy atom. The number of hydrogen-bond acceptors (Lipinski definition) is 1. The fourth-order valence-corrected chi connectivity index (χ4v) is 0.515. The summed E-state index contributed by atoms with van der Waals surface area (Å²) < 4.78 is 5.53. The van der Waals surface area contributed by atoms with Gasteiger partial charge >= 0.3 is 23.1 Å². The molecule has 0 saturated heterocycles. The zero-order chi connectivity index (χ0) is 5.28. The van der Waals surface area contributed by atoms with E-state index in [4.69, 9.17) is 4.42 Å². The molecule has 1 aromatic rings. The van der Waals surface area contributed by atoms with Crippen molar-refractivity contribution in [2.24, 2.45) is 0 Å². The second-order valence-electron chi connectivity index (χ2n) is 1.32. The van der Waals surface area contributed by atoms with Crippen molar-refractivity contribution in [2.75, 3.05) is 0 Å². The molecule has 0 aliphatic heterocycles. The van der Waals surface area contributed by atoms with Crippen molar-refractivity contribution >= 4 is 39.0 Å². The molecular weight excluding hydrogens is 216 g/mol. The molecule has 46 valence electrons. The molecule has 0 atom stereocenters. The molecule has 0 spiro atoms. The van der Waals surface area contributed by atoms with Gasteiger partial charge in [0.15, 0.2) is 0 Å². The third-order valence-electron chi connectivity index (χ3n) is 0.734. The Labute approximate surface area is 84.9 Å². The van der Waals surface area contributed by atoms with Gasteiger partial charge in [0, 0.05) is 4.67 Å². The van der Waals surface area contributed by atoms with Gasteiger partial charge in [-0.3, -0.25) is 0 Å². The normalized spacial score (nSPS) is 7.33. The molecule has 0 aliphatic rings. The molecule has 1 aromatic heterocycles. The first-order chi connectivity index (χ1) is 3.30. The van der Waals surface area contributed by atoms with Gasteiger partial charge in [0.2, 0.25) is 0 Å². The van der Waals surface area contributed by atoms with Crippen LogP contribution in [0.5, 0.6) is 0 Å². The maximum atomic E-state index is 4.76. The van der Waals surface area contributed by atoms with Crippen molar-refractivity contribution in [3.63, 3.8) is 0 Å². The maximum absolute atomic E-state index is 4.76. The molecule has 0 fully saturated rings. The summed E-state index contributed by atoms with van der Waals surface area (Å²) in [7, 11) is 0. The van der Waals surface area contributed by atoms with Gasteiger partial charge < -0.3 is 16.8 Å². The fourth-order valence-electron chi connectivity index (χ4n) is 0.307. The molecule has 9 heavy (non-hydrogen) atoms. The summed E-state index contributed by atoms with van der Waals surface area (Å²) in [4.78, 5) is 0. The summed E-state index contributed by atoms with van der Waals surface area (Å²) in [6.45, 7) is 1.95. The zero-order valence-corrected chi connectivity index (χ0v) is 8.70. The molecule has 0 aromatic carbocycles. The Bertz CT molecular complexity index is 149. The van der Waals surface area contributed by atoms with Crippen molar-refractivity contribution in [3.05, 3.63) is 22.6 Å². The molecule has 4 heteroatoms. The van der Waals surface area contributed by atoms with Crippen LogP contribution in [0.2, 0.25) is 0 Å². The molecule has 0 radical (unpaired) electrons. The first kappa shape index (κ1) is 12.5. The number of aryl methyl sites for hydroxylation is 1. The van der Waals surface area contributed by atoms with E-state index in [1.165, 1.54) is 0 Å². The van der Waals surface area contributed by atoms with Crippen LogP contribution in [0.3, 0.4) is 0 Å². The monoisotopic (exact) mass is 218 g/mol. The quantitative estimate of drug-likeness (QED) is 0.394. The van der Waals surface area contributed by atoms with Gasteiger partial charge in [-0.1, -0.05) is 6.92 Å². The Balaban J connectivity index is 0. The minimum Gasteiger partial charge on any atom is -1.00 e. The molecule has 0 N–H and O–H groups in total. The van der Waals surface area contributed by atoms with Gasteiger partial charge in [-0.15, -0.1) is 22.0 Å². The van der Waals surface area contributed by atoms with E-state index in [1.807, 2.05) is 6.92 Å². The molecule has 1 nitrogen and oxygen atoms in total. The van der Waals surface area contributed by atoms with Crippen molar-refractivity contribution < 1.29 is 16.8 Å². The average molecular weight is 220 g/mol.